The highest BCUT2D eigenvalue weighted by Gasteiger charge is 2.31. The van der Waals surface area contributed by atoms with Gasteiger partial charge in [-0.05, 0) is 23.3 Å². The molecule has 0 aliphatic heterocycles. The standard InChI is InChI=1S/C25H24ClN3O4/c1-27-25(31)23(15-18-7-3-2-4-8-18)28(17-19-11-13-21(26)14-12-19)24(30)16-20-9-5-6-10-22(20)29(32)33/h2-14,23H,15-17H2,1H3,(H,27,31)/t23-/m0/s1. The minimum atomic E-state index is -0.802. The molecule has 3 aromatic carbocycles. The van der Waals surface area contributed by atoms with Crippen molar-refractivity contribution in [3.8, 4) is 0 Å². The van der Waals surface area contributed by atoms with Crippen molar-refractivity contribution in [2.45, 2.75) is 25.4 Å². The lowest BCUT2D eigenvalue weighted by Crippen LogP contribution is -2.50. The second kappa shape index (κ2) is 11.2. The normalized spacial score (nSPS) is 11.5. The molecular formula is C25H24ClN3O4. The predicted molar refractivity (Wildman–Crippen MR) is 127 cm³/mol. The second-order valence-electron chi connectivity index (χ2n) is 7.53. The zero-order valence-electron chi connectivity index (χ0n) is 18.1. The zero-order valence-corrected chi connectivity index (χ0v) is 18.9. The van der Waals surface area contributed by atoms with E-state index in [1.165, 1.54) is 18.0 Å². The molecule has 2 amide bonds. The highest BCUT2D eigenvalue weighted by atomic mass is 35.5. The Kier molecular flexibility index (Phi) is 8.16. The number of hydrogen-bond donors (Lipinski definition) is 1. The van der Waals surface area contributed by atoms with Gasteiger partial charge in [0.25, 0.3) is 5.69 Å². The minimum absolute atomic E-state index is 0.128. The van der Waals surface area contributed by atoms with Crippen molar-refractivity contribution < 1.29 is 14.5 Å². The molecule has 0 bridgehead atoms. The molecule has 1 atom stereocenters. The quantitative estimate of drug-likeness (QED) is 0.379. The number of likely N-dealkylation sites (N-methyl/N-ethyl adjacent to an activating group) is 1. The van der Waals surface area contributed by atoms with Crippen LogP contribution >= 0.6 is 11.6 Å². The van der Waals surface area contributed by atoms with Crippen LogP contribution in [0.5, 0.6) is 0 Å². The van der Waals surface area contributed by atoms with E-state index >= 15 is 0 Å². The summed E-state index contributed by atoms with van der Waals surface area (Å²) in [5, 5.41) is 14.6. The summed E-state index contributed by atoms with van der Waals surface area (Å²) in [4.78, 5) is 38.8. The third kappa shape index (κ3) is 6.40. The summed E-state index contributed by atoms with van der Waals surface area (Å²) in [6, 6.07) is 21.7. The van der Waals surface area contributed by atoms with Gasteiger partial charge >= 0.3 is 0 Å². The van der Waals surface area contributed by atoms with Crippen LogP contribution < -0.4 is 5.32 Å². The third-order valence-electron chi connectivity index (χ3n) is 5.31. The number of nitro benzene ring substituents is 1. The molecule has 0 saturated carbocycles. The molecule has 7 nitrogen and oxygen atoms in total. The first-order valence-corrected chi connectivity index (χ1v) is 10.8. The van der Waals surface area contributed by atoms with Crippen LogP contribution in [0, 0.1) is 10.1 Å². The zero-order chi connectivity index (χ0) is 23.8. The number of carbonyl (C=O) groups excluding carboxylic acids is 2. The van der Waals surface area contributed by atoms with Crippen LogP contribution in [0.1, 0.15) is 16.7 Å². The molecule has 33 heavy (non-hydrogen) atoms. The molecule has 0 spiro atoms. The van der Waals surface area contributed by atoms with Crippen LogP contribution in [0.15, 0.2) is 78.9 Å². The van der Waals surface area contributed by atoms with Gasteiger partial charge < -0.3 is 10.2 Å². The Hall–Kier alpha value is -3.71. The number of rotatable bonds is 9. The fourth-order valence-corrected chi connectivity index (χ4v) is 3.74. The van der Waals surface area contributed by atoms with Gasteiger partial charge in [0.15, 0.2) is 0 Å². The maximum absolute atomic E-state index is 13.5. The lowest BCUT2D eigenvalue weighted by Gasteiger charge is -2.31. The summed E-state index contributed by atoms with van der Waals surface area (Å²) >= 11 is 6.00. The molecule has 170 valence electrons. The van der Waals surface area contributed by atoms with Crippen molar-refractivity contribution in [3.05, 3.63) is 111 Å². The molecule has 0 aliphatic carbocycles. The summed E-state index contributed by atoms with van der Waals surface area (Å²) in [6.45, 7) is 0.154. The number of benzene rings is 3. The summed E-state index contributed by atoms with van der Waals surface area (Å²) in [5.41, 5.74) is 1.85. The average Bonchev–Trinajstić information content (AvgIpc) is 2.82. The Morgan fingerprint density at radius 1 is 0.970 bits per heavy atom. The van der Waals surface area contributed by atoms with E-state index in [0.717, 1.165) is 11.1 Å². The van der Waals surface area contributed by atoms with Crippen molar-refractivity contribution in [2.75, 3.05) is 7.05 Å². The highest BCUT2D eigenvalue weighted by molar-refractivity contribution is 6.30. The number of nitro groups is 1. The SMILES string of the molecule is CNC(=O)[C@H](Cc1ccccc1)N(Cc1ccc(Cl)cc1)C(=O)Cc1ccccc1[N+](=O)[O-]. The first-order chi connectivity index (χ1) is 15.9. The van der Waals surface area contributed by atoms with E-state index in [1.807, 2.05) is 30.3 Å². The average molecular weight is 466 g/mol. The first-order valence-electron chi connectivity index (χ1n) is 10.4. The first kappa shape index (κ1) is 23.9. The Labute approximate surface area is 197 Å². The lowest BCUT2D eigenvalue weighted by atomic mass is 10.0. The predicted octanol–water partition coefficient (Wildman–Crippen LogP) is 4.18. The number of carbonyl (C=O) groups is 2. The van der Waals surface area contributed by atoms with Crippen LogP contribution in [0.4, 0.5) is 5.69 Å². The van der Waals surface area contributed by atoms with Gasteiger partial charge in [0, 0.05) is 36.7 Å². The number of nitrogens with one attached hydrogen (secondary N) is 1. The van der Waals surface area contributed by atoms with Crippen molar-refractivity contribution >= 4 is 29.1 Å². The van der Waals surface area contributed by atoms with Gasteiger partial charge in [-0.1, -0.05) is 72.3 Å². The van der Waals surface area contributed by atoms with Crippen LogP contribution in [0.3, 0.4) is 0 Å². The van der Waals surface area contributed by atoms with E-state index in [1.54, 1.807) is 42.5 Å². The number of para-hydroxylation sites is 1. The van der Waals surface area contributed by atoms with Gasteiger partial charge in [0.05, 0.1) is 11.3 Å². The van der Waals surface area contributed by atoms with Gasteiger partial charge in [-0.3, -0.25) is 19.7 Å². The number of nitrogens with zero attached hydrogens (tertiary/aromatic N) is 2. The second-order valence-corrected chi connectivity index (χ2v) is 7.97. The van der Waals surface area contributed by atoms with Crippen molar-refractivity contribution in [3.63, 3.8) is 0 Å². The molecule has 0 unspecified atom stereocenters. The van der Waals surface area contributed by atoms with E-state index in [4.69, 9.17) is 11.6 Å². The van der Waals surface area contributed by atoms with E-state index in [0.29, 0.717) is 17.0 Å². The van der Waals surface area contributed by atoms with E-state index in [2.05, 4.69) is 5.32 Å². The topological polar surface area (TPSA) is 92.6 Å². The van der Waals surface area contributed by atoms with E-state index in [9.17, 15) is 19.7 Å². The minimum Gasteiger partial charge on any atom is -0.357 e. The van der Waals surface area contributed by atoms with E-state index < -0.39 is 11.0 Å². The summed E-state index contributed by atoms with van der Waals surface area (Å²) in [5.74, 6) is -0.701. The molecule has 8 heteroatoms. The molecule has 1 N–H and O–H groups in total. The maximum Gasteiger partial charge on any atom is 0.273 e. The van der Waals surface area contributed by atoms with Gasteiger partial charge in [-0.25, -0.2) is 0 Å². The molecule has 0 saturated heterocycles. The molecule has 0 heterocycles. The van der Waals surface area contributed by atoms with Crippen LogP contribution in [-0.2, 0) is 29.0 Å². The summed E-state index contributed by atoms with van der Waals surface area (Å²) in [7, 11) is 1.52. The Balaban J connectivity index is 1.97. The van der Waals surface area contributed by atoms with Crippen LogP contribution in [0.25, 0.3) is 0 Å². The molecular weight excluding hydrogens is 442 g/mol. The smallest absolute Gasteiger partial charge is 0.273 e. The molecule has 0 fully saturated rings. The lowest BCUT2D eigenvalue weighted by molar-refractivity contribution is -0.385. The monoisotopic (exact) mass is 465 g/mol. The Morgan fingerprint density at radius 3 is 2.24 bits per heavy atom. The van der Waals surface area contributed by atoms with Crippen LogP contribution in [0.2, 0.25) is 5.02 Å². The largest absolute Gasteiger partial charge is 0.357 e. The molecule has 0 aliphatic rings. The van der Waals surface area contributed by atoms with Crippen molar-refractivity contribution in [2.24, 2.45) is 0 Å². The van der Waals surface area contributed by atoms with Gasteiger partial charge in [0.1, 0.15) is 6.04 Å². The molecule has 0 radical (unpaired) electrons. The van der Waals surface area contributed by atoms with Gasteiger partial charge in [0.2, 0.25) is 11.8 Å². The Bertz CT molecular complexity index is 1120. The summed E-state index contributed by atoms with van der Waals surface area (Å²) in [6.07, 6.45) is 0.101. The number of amides is 2. The molecule has 3 rings (SSSR count). The Morgan fingerprint density at radius 2 is 1.61 bits per heavy atom. The van der Waals surface area contributed by atoms with Gasteiger partial charge in [-0.2, -0.15) is 0 Å². The van der Waals surface area contributed by atoms with Crippen molar-refractivity contribution in [1.29, 1.82) is 0 Å². The van der Waals surface area contributed by atoms with E-state index in [-0.39, 0.29) is 30.5 Å². The third-order valence-corrected chi connectivity index (χ3v) is 5.57. The molecule has 3 aromatic rings. The number of hydrogen-bond acceptors (Lipinski definition) is 4. The van der Waals surface area contributed by atoms with Crippen molar-refractivity contribution in [1.82, 2.24) is 10.2 Å². The fourth-order valence-electron chi connectivity index (χ4n) is 3.61. The maximum atomic E-state index is 13.5. The molecule has 0 aromatic heterocycles. The van der Waals surface area contributed by atoms with Gasteiger partial charge in [-0.15, -0.1) is 0 Å². The van der Waals surface area contributed by atoms with Crippen LogP contribution in [-0.4, -0.2) is 34.7 Å². The highest BCUT2D eigenvalue weighted by Crippen LogP contribution is 2.22. The fraction of sp³-hybridized carbons (Fsp3) is 0.200. The summed E-state index contributed by atoms with van der Waals surface area (Å²) < 4.78 is 0. The number of halogens is 1.